The highest BCUT2D eigenvalue weighted by Crippen LogP contribution is 2.32. The van der Waals surface area contributed by atoms with Crippen LogP contribution < -0.4 is 15.4 Å². The molecule has 0 saturated heterocycles. The van der Waals surface area contributed by atoms with Crippen LogP contribution in [-0.4, -0.2) is 42.4 Å². The van der Waals surface area contributed by atoms with Crippen LogP contribution in [0.5, 0.6) is 5.75 Å². The molecule has 0 saturated carbocycles. The first-order chi connectivity index (χ1) is 19.3. The van der Waals surface area contributed by atoms with Crippen molar-refractivity contribution >= 4 is 29.0 Å². The van der Waals surface area contributed by atoms with Crippen LogP contribution in [0.15, 0.2) is 66.9 Å². The summed E-state index contributed by atoms with van der Waals surface area (Å²) in [6.07, 6.45) is -2.53. The third-order valence-corrected chi connectivity index (χ3v) is 5.92. The lowest BCUT2D eigenvalue weighted by Crippen LogP contribution is -2.19. The van der Waals surface area contributed by atoms with Gasteiger partial charge in [-0.1, -0.05) is 43.3 Å². The number of aryl methyl sites for hydroxylation is 1. The normalized spacial score (nSPS) is 11.5. The van der Waals surface area contributed by atoms with E-state index >= 15 is 0 Å². The van der Waals surface area contributed by atoms with Crippen LogP contribution in [0.4, 0.5) is 29.7 Å². The molecule has 10 nitrogen and oxygen atoms in total. The Kier molecular flexibility index (Phi) is 7.62. The minimum absolute atomic E-state index is 0.0415. The van der Waals surface area contributed by atoms with Crippen molar-refractivity contribution < 1.29 is 22.7 Å². The molecule has 0 aliphatic rings. The molecule has 0 aliphatic carbocycles. The van der Waals surface area contributed by atoms with E-state index in [9.17, 15) is 18.0 Å². The highest BCUT2D eigenvalue weighted by atomic mass is 19.4. The number of imidazole rings is 1. The van der Waals surface area contributed by atoms with Gasteiger partial charge in [-0.3, -0.25) is 10.4 Å². The van der Waals surface area contributed by atoms with Gasteiger partial charge in [0, 0.05) is 19.3 Å². The minimum Gasteiger partial charge on any atom is -0.410 e. The molecule has 0 fully saturated rings. The van der Waals surface area contributed by atoms with E-state index in [4.69, 9.17) is 4.74 Å². The summed E-state index contributed by atoms with van der Waals surface area (Å²) in [4.78, 5) is 26.6. The molecule has 5 rings (SSSR count). The van der Waals surface area contributed by atoms with Gasteiger partial charge in [0.1, 0.15) is 11.4 Å². The lowest BCUT2D eigenvalue weighted by atomic mass is 10.1. The number of nitrogens with zero attached hydrogens (tertiary/aromatic N) is 5. The molecule has 3 N–H and O–H groups in total. The maximum atomic E-state index is 13.1. The fourth-order valence-electron chi connectivity index (χ4n) is 4.12. The van der Waals surface area contributed by atoms with E-state index < -0.39 is 17.8 Å². The standard InChI is InChI=1S/C27H25F3N8O2/c1-2-15-38-23(20-12-14-32-37-20)33-21-22(35-26(39)40-19-10-6-9-18(16-19)27(28,29)30)34-25(36-24(21)38)31-13-11-17-7-4-3-5-8-17/h3-10,12,14,16H,2,11,13,15H2,1H3,(H,32,37)(H2,31,34,35,36,39). The van der Waals surface area contributed by atoms with Crippen LogP contribution in [0.3, 0.4) is 0 Å². The first kappa shape index (κ1) is 26.7. The molecule has 13 heteroatoms. The van der Waals surface area contributed by atoms with Crippen molar-refractivity contribution in [1.82, 2.24) is 29.7 Å². The van der Waals surface area contributed by atoms with Gasteiger partial charge in [-0.15, -0.1) is 0 Å². The fraction of sp³-hybridized carbons (Fsp3) is 0.222. The Balaban J connectivity index is 1.47. The number of hydrogen-bond acceptors (Lipinski definition) is 7. The lowest BCUT2D eigenvalue weighted by molar-refractivity contribution is -0.137. The number of H-pyrrole nitrogens is 1. The van der Waals surface area contributed by atoms with Crippen molar-refractivity contribution in [3.05, 3.63) is 78.0 Å². The molecule has 0 unspecified atom stereocenters. The predicted molar refractivity (Wildman–Crippen MR) is 143 cm³/mol. The van der Waals surface area contributed by atoms with Crippen molar-refractivity contribution in [1.29, 1.82) is 0 Å². The molecule has 0 atom stereocenters. The summed E-state index contributed by atoms with van der Waals surface area (Å²) >= 11 is 0. The van der Waals surface area contributed by atoms with Crippen molar-refractivity contribution in [2.45, 2.75) is 32.5 Å². The van der Waals surface area contributed by atoms with Crippen LogP contribution in [0, 0.1) is 0 Å². The second-order valence-electron chi connectivity index (χ2n) is 8.83. The number of nitrogens with one attached hydrogen (secondary N) is 3. The number of carbonyl (C=O) groups excluding carboxylic acids is 1. The molecule has 40 heavy (non-hydrogen) atoms. The predicted octanol–water partition coefficient (Wildman–Crippen LogP) is 5.91. The lowest BCUT2D eigenvalue weighted by Gasteiger charge is -2.11. The monoisotopic (exact) mass is 550 g/mol. The molecular weight excluding hydrogens is 525 g/mol. The molecule has 0 spiro atoms. The van der Waals surface area contributed by atoms with E-state index in [1.165, 1.54) is 6.07 Å². The summed E-state index contributed by atoms with van der Waals surface area (Å²) in [5.74, 6) is 0.555. The number of carbonyl (C=O) groups is 1. The Labute approximate surface area is 226 Å². The zero-order valence-electron chi connectivity index (χ0n) is 21.4. The van der Waals surface area contributed by atoms with E-state index in [-0.39, 0.29) is 23.0 Å². The zero-order chi connectivity index (χ0) is 28.1. The summed E-state index contributed by atoms with van der Waals surface area (Å²) in [5, 5.41) is 12.6. The Hall–Kier alpha value is -4.94. The van der Waals surface area contributed by atoms with Gasteiger partial charge >= 0.3 is 12.3 Å². The maximum absolute atomic E-state index is 13.1. The summed E-state index contributed by atoms with van der Waals surface area (Å²) in [6, 6.07) is 15.7. The van der Waals surface area contributed by atoms with Crippen LogP contribution in [-0.2, 0) is 19.1 Å². The van der Waals surface area contributed by atoms with Crippen LogP contribution >= 0.6 is 0 Å². The number of benzene rings is 2. The third-order valence-electron chi connectivity index (χ3n) is 5.92. The number of hydrogen-bond donors (Lipinski definition) is 3. The first-order valence-electron chi connectivity index (χ1n) is 12.5. The van der Waals surface area contributed by atoms with E-state index in [0.29, 0.717) is 36.7 Å². The molecule has 2 aromatic carbocycles. The average molecular weight is 551 g/mol. The van der Waals surface area contributed by atoms with Gasteiger partial charge in [0.15, 0.2) is 22.8 Å². The number of aromatic amines is 1. The van der Waals surface area contributed by atoms with Crippen LogP contribution in [0.1, 0.15) is 24.5 Å². The Bertz CT molecular complexity index is 1600. The molecule has 3 heterocycles. The Morgan fingerprint density at radius 2 is 1.88 bits per heavy atom. The number of fused-ring (bicyclic) bond motifs is 1. The molecule has 1 amide bonds. The van der Waals surface area contributed by atoms with Gasteiger partial charge in [-0.25, -0.2) is 9.78 Å². The maximum Gasteiger partial charge on any atom is 0.418 e. The van der Waals surface area contributed by atoms with E-state index in [1.807, 2.05) is 41.8 Å². The van der Waals surface area contributed by atoms with Crippen molar-refractivity contribution in [3.8, 4) is 17.3 Å². The van der Waals surface area contributed by atoms with E-state index in [1.54, 1.807) is 12.3 Å². The van der Waals surface area contributed by atoms with Gasteiger partial charge in [-0.05, 0) is 42.7 Å². The number of anilines is 2. The largest absolute Gasteiger partial charge is 0.418 e. The Morgan fingerprint density at radius 1 is 1.05 bits per heavy atom. The summed E-state index contributed by atoms with van der Waals surface area (Å²) < 4.78 is 46.4. The number of aromatic nitrogens is 6. The van der Waals surface area contributed by atoms with Crippen LogP contribution in [0.25, 0.3) is 22.7 Å². The topological polar surface area (TPSA) is 123 Å². The first-order valence-corrected chi connectivity index (χ1v) is 12.5. The molecule has 0 radical (unpaired) electrons. The van der Waals surface area contributed by atoms with Gasteiger partial charge in [0.25, 0.3) is 0 Å². The quantitative estimate of drug-likeness (QED) is 0.209. The number of halogens is 3. The molecule has 0 aliphatic heterocycles. The van der Waals surface area contributed by atoms with Gasteiger partial charge < -0.3 is 14.6 Å². The van der Waals surface area contributed by atoms with Gasteiger partial charge in [0.2, 0.25) is 5.95 Å². The van der Waals surface area contributed by atoms with Crippen LogP contribution in [0.2, 0.25) is 0 Å². The zero-order valence-corrected chi connectivity index (χ0v) is 21.4. The second kappa shape index (κ2) is 11.4. The number of ether oxygens (including phenoxy) is 1. The van der Waals surface area contributed by atoms with Crippen molar-refractivity contribution in [3.63, 3.8) is 0 Å². The van der Waals surface area contributed by atoms with E-state index in [0.717, 1.165) is 30.2 Å². The fourth-order valence-corrected chi connectivity index (χ4v) is 4.12. The molecule has 0 bridgehead atoms. The molecule has 3 aromatic heterocycles. The second-order valence-corrected chi connectivity index (χ2v) is 8.83. The van der Waals surface area contributed by atoms with Gasteiger partial charge in [-0.2, -0.15) is 28.2 Å². The number of rotatable bonds is 9. The smallest absolute Gasteiger partial charge is 0.410 e. The SMILES string of the molecule is CCCn1c(-c2ccn[nH]2)nc2c(NC(=O)Oc3cccc(C(F)(F)F)c3)nc(NCCc3ccccc3)nc21. The van der Waals surface area contributed by atoms with Crippen molar-refractivity contribution in [2.24, 2.45) is 0 Å². The number of amides is 1. The average Bonchev–Trinajstić information content (AvgIpc) is 3.58. The number of alkyl halides is 3. The summed E-state index contributed by atoms with van der Waals surface area (Å²) in [5.41, 5.74) is 1.57. The van der Waals surface area contributed by atoms with Gasteiger partial charge in [0.05, 0.1) is 5.56 Å². The molecule has 206 valence electrons. The highest BCUT2D eigenvalue weighted by Gasteiger charge is 2.31. The summed E-state index contributed by atoms with van der Waals surface area (Å²) in [6.45, 7) is 3.09. The van der Waals surface area contributed by atoms with E-state index in [2.05, 4.69) is 35.8 Å². The van der Waals surface area contributed by atoms with Crippen molar-refractivity contribution in [2.75, 3.05) is 17.2 Å². The third kappa shape index (κ3) is 6.03. The highest BCUT2D eigenvalue weighted by molar-refractivity contribution is 5.96. The summed E-state index contributed by atoms with van der Waals surface area (Å²) in [7, 11) is 0. The molecular formula is C27H25F3N8O2. The molecule has 5 aromatic rings. The Morgan fingerprint density at radius 3 is 2.60 bits per heavy atom. The minimum atomic E-state index is -4.58.